The molecule has 3 heterocycles. The van der Waals surface area contributed by atoms with E-state index in [4.69, 9.17) is 0 Å². The standard InChI is InChI=1S/C17H17F2N3OS/c18-17(19)7-12(8-17)16(23)22-4-1-13-14(2-5-22)20-10-21-15(13)11-3-6-24-9-11/h3,6,9-10,12H,1-2,4-5,7-8H2. The molecule has 2 aliphatic rings. The molecule has 0 aromatic carbocycles. The van der Waals surface area contributed by atoms with Gasteiger partial charge in [-0.15, -0.1) is 0 Å². The predicted molar refractivity (Wildman–Crippen MR) is 87.0 cm³/mol. The molecular formula is C17H17F2N3OS. The Labute approximate surface area is 142 Å². The summed E-state index contributed by atoms with van der Waals surface area (Å²) >= 11 is 1.61. The second kappa shape index (κ2) is 5.88. The average molecular weight is 349 g/mol. The van der Waals surface area contributed by atoms with Gasteiger partial charge in [0.05, 0.1) is 5.69 Å². The fraction of sp³-hybridized carbons (Fsp3) is 0.471. The number of thiophene rings is 1. The molecular weight excluding hydrogens is 332 g/mol. The van der Waals surface area contributed by atoms with Crippen LogP contribution < -0.4 is 0 Å². The molecule has 0 radical (unpaired) electrons. The van der Waals surface area contributed by atoms with Crippen molar-refractivity contribution in [3.63, 3.8) is 0 Å². The Morgan fingerprint density at radius 3 is 2.75 bits per heavy atom. The van der Waals surface area contributed by atoms with Crippen LogP contribution in [-0.4, -0.2) is 39.8 Å². The lowest BCUT2D eigenvalue weighted by Crippen LogP contribution is -2.47. The van der Waals surface area contributed by atoms with E-state index < -0.39 is 11.8 Å². The Hall–Kier alpha value is -1.89. The van der Waals surface area contributed by atoms with Crippen molar-refractivity contribution in [1.82, 2.24) is 14.9 Å². The van der Waals surface area contributed by atoms with Gasteiger partial charge in [-0.2, -0.15) is 11.3 Å². The number of rotatable bonds is 2. The highest BCUT2D eigenvalue weighted by Crippen LogP contribution is 2.43. The molecule has 1 aliphatic carbocycles. The molecule has 0 spiro atoms. The minimum absolute atomic E-state index is 0.140. The second-order valence-electron chi connectivity index (χ2n) is 6.45. The maximum Gasteiger partial charge on any atom is 0.249 e. The first-order valence-corrected chi connectivity index (χ1v) is 9.00. The number of halogens is 2. The number of aromatic nitrogens is 2. The molecule has 4 rings (SSSR count). The second-order valence-corrected chi connectivity index (χ2v) is 7.23. The lowest BCUT2D eigenvalue weighted by Gasteiger charge is -2.36. The van der Waals surface area contributed by atoms with Crippen LogP contribution in [0.15, 0.2) is 23.2 Å². The highest BCUT2D eigenvalue weighted by Gasteiger charge is 2.49. The molecule has 126 valence electrons. The number of hydrogen-bond donors (Lipinski definition) is 0. The number of carbonyl (C=O) groups is 1. The van der Waals surface area contributed by atoms with Crippen LogP contribution in [-0.2, 0) is 17.6 Å². The third-order valence-electron chi connectivity index (χ3n) is 4.83. The fourth-order valence-corrected chi connectivity index (χ4v) is 4.13. The Morgan fingerprint density at radius 1 is 1.25 bits per heavy atom. The van der Waals surface area contributed by atoms with Crippen LogP contribution in [0.5, 0.6) is 0 Å². The third kappa shape index (κ3) is 2.81. The summed E-state index contributed by atoms with van der Waals surface area (Å²) in [6.45, 7) is 1.08. The fourth-order valence-electron chi connectivity index (χ4n) is 3.49. The molecule has 24 heavy (non-hydrogen) atoms. The predicted octanol–water partition coefficient (Wildman–Crippen LogP) is 3.18. The van der Waals surface area contributed by atoms with Crippen molar-refractivity contribution >= 4 is 17.2 Å². The molecule has 1 saturated carbocycles. The summed E-state index contributed by atoms with van der Waals surface area (Å²) in [5.74, 6) is -3.32. The SMILES string of the molecule is O=C(C1CC(F)(F)C1)N1CCc2ncnc(-c3ccsc3)c2CC1. The van der Waals surface area contributed by atoms with Gasteiger partial charge >= 0.3 is 0 Å². The number of amides is 1. The zero-order valence-electron chi connectivity index (χ0n) is 13.0. The quantitative estimate of drug-likeness (QED) is 0.837. The van der Waals surface area contributed by atoms with Crippen LogP contribution in [0.3, 0.4) is 0 Å². The zero-order chi connectivity index (χ0) is 16.7. The van der Waals surface area contributed by atoms with E-state index in [1.165, 1.54) is 0 Å². The number of hydrogen-bond acceptors (Lipinski definition) is 4. The number of carbonyl (C=O) groups excluding carboxylic acids is 1. The van der Waals surface area contributed by atoms with Gasteiger partial charge in [0.15, 0.2) is 0 Å². The van der Waals surface area contributed by atoms with Crippen LogP contribution in [0.1, 0.15) is 24.1 Å². The summed E-state index contributed by atoms with van der Waals surface area (Å²) in [6, 6.07) is 2.03. The van der Waals surface area contributed by atoms with Crippen molar-refractivity contribution in [3.8, 4) is 11.3 Å². The minimum atomic E-state index is -2.66. The van der Waals surface area contributed by atoms with E-state index in [1.807, 2.05) is 16.8 Å². The van der Waals surface area contributed by atoms with Gasteiger partial charge < -0.3 is 4.90 Å². The monoisotopic (exact) mass is 349 g/mol. The van der Waals surface area contributed by atoms with E-state index in [2.05, 4.69) is 9.97 Å². The van der Waals surface area contributed by atoms with E-state index in [-0.39, 0.29) is 18.7 Å². The lowest BCUT2D eigenvalue weighted by molar-refractivity contribution is -0.159. The minimum Gasteiger partial charge on any atom is -0.342 e. The molecule has 1 amide bonds. The van der Waals surface area contributed by atoms with Crippen molar-refractivity contribution < 1.29 is 13.6 Å². The van der Waals surface area contributed by atoms with Crippen molar-refractivity contribution in [3.05, 3.63) is 34.4 Å². The number of fused-ring (bicyclic) bond motifs is 1. The van der Waals surface area contributed by atoms with E-state index in [0.29, 0.717) is 25.9 Å². The summed E-state index contributed by atoms with van der Waals surface area (Å²) in [4.78, 5) is 23.0. The van der Waals surface area contributed by atoms with Gasteiger partial charge in [-0.1, -0.05) is 0 Å². The normalized spacial score (nSPS) is 20.2. The first-order chi connectivity index (χ1) is 11.5. The first kappa shape index (κ1) is 15.6. The molecule has 0 unspecified atom stereocenters. The maximum absolute atomic E-state index is 13.0. The van der Waals surface area contributed by atoms with Gasteiger partial charge in [-0.3, -0.25) is 4.79 Å². The van der Waals surface area contributed by atoms with Gasteiger partial charge in [-0.05, 0) is 17.9 Å². The lowest BCUT2D eigenvalue weighted by atomic mass is 9.80. The molecule has 4 nitrogen and oxygen atoms in total. The highest BCUT2D eigenvalue weighted by atomic mass is 32.1. The Balaban J connectivity index is 1.52. The van der Waals surface area contributed by atoms with E-state index in [1.54, 1.807) is 22.6 Å². The van der Waals surface area contributed by atoms with Crippen LogP contribution >= 0.6 is 11.3 Å². The van der Waals surface area contributed by atoms with E-state index in [0.717, 1.165) is 22.5 Å². The van der Waals surface area contributed by atoms with Gasteiger partial charge in [0.25, 0.3) is 0 Å². The van der Waals surface area contributed by atoms with Crippen LogP contribution in [0.25, 0.3) is 11.3 Å². The van der Waals surface area contributed by atoms with Crippen LogP contribution in [0.4, 0.5) is 8.78 Å². The van der Waals surface area contributed by atoms with Crippen LogP contribution in [0.2, 0.25) is 0 Å². The third-order valence-corrected chi connectivity index (χ3v) is 5.51. The van der Waals surface area contributed by atoms with Gasteiger partial charge in [0, 0.05) is 60.5 Å². The van der Waals surface area contributed by atoms with Gasteiger partial charge in [0.2, 0.25) is 11.8 Å². The largest absolute Gasteiger partial charge is 0.342 e. The van der Waals surface area contributed by atoms with Gasteiger partial charge in [-0.25, -0.2) is 18.7 Å². The molecule has 1 aliphatic heterocycles. The van der Waals surface area contributed by atoms with Crippen molar-refractivity contribution in [1.29, 1.82) is 0 Å². The van der Waals surface area contributed by atoms with E-state index in [9.17, 15) is 13.6 Å². The summed E-state index contributed by atoms with van der Waals surface area (Å²) in [5.41, 5.74) is 4.02. The number of alkyl halides is 2. The highest BCUT2D eigenvalue weighted by molar-refractivity contribution is 7.08. The van der Waals surface area contributed by atoms with Crippen LogP contribution in [0, 0.1) is 5.92 Å². The Kier molecular flexibility index (Phi) is 3.83. The molecule has 2 aromatic rings. The van der Waals surface area contributed by atoms with E-state index >= 15 is 0 Å². The summed E-state index contributed by atoms with van der Waals surface area (Å²) in [5, 5.41) is 4.06. The molecule has 0 N–H and O–H groups in total. The smallest absolute Gasteiger partial charge is 0.249 e. The maximum atomic E-state index is 13.0. The van der Waals surface area contributed by atoms with Crippen molar-refractivity contribution in [2.45, 2.75) is 31.6 Å². The number of nitrogens with zero attached hydrogens (tertiary/aromatic N) is 3. The summed E-state index contributed by atoms with van der Waals surface area (Å²) in [7, 11) is 0. The zero-order valence-corrected chi connectivity index (χ0v) is 13.9. The molecule has 0 bridgehead atoms. The first-order valence-electron chi connectivity index (χ1n) is 8.05. The summed E-state index contributed by atoms with van der Waals surface area (Å²) < 4.78 is 26.1. The summed E-state index contributed by atoms with van der Waals surface area (Å²) in [6.07, 6.45) is 2.25. The molecule has 0 atom stereocenters. The average Bonchev–Trinajstić information content (AvgIpc) is 2.98. The molecule has 7 heteroatoms. The van der Waals surface area contributed by atoms with Crippen molar-refractivity contribution in [2.75, 3.05) is 13.1 Å². The van der Waals surface area contributed by atoms with Gasteiger partial charge in [0.1, 0.15) is 6.33 Å². The molecule has 1 fully saturated rings. The molecule has 0 saturated heterocycles. The molecule has 2 aromatic heterocycles. The topological polar surface area (TPSA) is 46.1 Å². The Bertz CT molecular complexity index is 755. The van der Waals surface area contributed by atoms with Crippen molar-refractivity contribution in [2.24, 2.45) is 5.92 Å². The Morgan fingerprint density at radius 2 is 2.04 bits per heavy atom.